The minimum absolute atomic E-state index is 0.308. The molecule has 0 spiro atoms. The molecule has 2 N–H and O–H groups in total. The number of hydrogen-bond donors (Lipinski definition) is 2. The molecule has 0 aliphatic carbocycles. The third kappa shape index (κ3) is 4.74. The average molecular weight is 465 g/mol. The number of amidine groups is 1. The second-order valence-corrected chi connectivity index (χ2v) is 10.4. The summed E-state index contributed by atoms with van der Waals surface area (Å²) in [5, 5.41) is 4.56. The van der Waals surface area contributed by atoms with Gasteiger partial charge < -0.3 is 15.2 Å². The van der Waals surface area contributed by atoms with Crippen molar-refractivity contribution in [2.24, 2.45) is 4.99 Å². The third-order valence-corrected chi connectivity index (χ3v) is 8.25. The maximum Gasteiger partial charge on any atom is 0.144 e. The topological polar surface area (TPSA) is 60.5 Å². The van der Waals surface area contributed by atoms with Gasteiger partial charge in [-0.2, -0.15) is 0 Å². The lowest BCUT2D eigenvalue weighted by Gasteiger charge is -2.33. The molecule has 33 heavy (non-hydrogen) atoms. The van der Waals surface area contributed by atoms with Gasteiger partial charge >= 0.3 is 0 Å². The van der Waals surface area contributed by atoms with E-state index < -0.39 is 10.8 Å². The molecule has 0 amide bonds. The van der Waals surface area contributed by atoms with Crippen LogP contribution in [0.5, 0.6) is 0 Å². The monoisotopic (exact) mass is 464 g/mol. The number of likely N-dealkylation sites (tertiary alicyclic amines) is 1. The van der Waals surface area contributed by atoms with Crippen LogP contribution in [0.25, 0.3) is 10.9 Å². The van der Waals surface area contributed by atoms with Gasteiger partial charge in [0.05, 0.1) is 15.7 Å². The van der Waals surface area contributed by atoms with Crippen LogP contribution in [0, 0.1) is 5.82 Å². The summed E-state index contributed by atoms with van der Waals surface area (Å²) in [6.07, 6.45) is 5.92. The van der Waals surface area contributed by atoms with Crippen molar-refractivity contribution in [1.82, 2.24) is 9.88 Å². The number of hydrogen-bond acceptors (Lipinski definition) is 3. The van der Waals surface area contributed by atoms with Crippen molar-refractivity contribution in [3.63, 3.8) is 0 Å². The van der Waals surface area contributed by atoms with Crippen molar-refractivity contribution >= 4 is 33.2 Å². The zero-order valence-corrected chi connectivity index (χ0v) is 19.6. The molecule has 1 aromatic heterocycles. The second kappa shape index (κ2) is 9.51. The van der Waals surface area contributed by atoms with E-state index in [0.717, 1.165) is 49.5 Å². The lowest BCUT2D eigenvalue weighted by atomic mass is 9.89. The van der Waals surface area contributed by atoms with Crippen molar-refractivity contribution in [2.45, 2.75) is 38.5 Å². The fourth-order valence-corrected chi connectivity index (χ4v) is 6.21. The zero-order valence-electron chi connectivity index (χ0n) is 18.8. The summed E-state index contributed by atoms with van der Waals surface area (Å²) in [7, 11) is -1.04. The highest BCUT2D eigenvalue weighted by molar-refractivity contribution is 7.89. The fourth-order valence-electron chi connectivity index (χ4n) is 4.87. The van der Waals surface area contributed by atoms with E-state index in [0.29, 0.717) is 23.2 Å². The number of nitrogens with one attached hydrogen (secondary N) is 2. The number of anilines is 1. The number of aromatic nitrogens is 1. The Hall–Kier alpha value is -2.93. The van der Waals surface area contributed by atoms with E-state index in [1.54, 1.807) is 12.1 Å². The van der Waals surface area contributed by atoms with Gasteiger partial charge in [0.2, 0.25) is 0 Å². The smallest absolute Gasteiger partial charge is 0.144 e. The van der Waals surface area contributed by atoms with Gasteiger partial charge in [-0.1, -0.05) is 24.3 Å². The van der Waals surface area contributed by atoms with Crippen LogP contribution in [0.15, 0.2) is 70.4 Å². The molecule has 172 valence electrons. The number of allylic oxidation sites excluding steroid dienone is 1. The molecule has 0 saturated carbocycles. The van der Waals surface area contributed by atoms with Gasteiger partial charge in [-0.3, -0.25) is 4.21 Å². The van der Waals surface area contributed by atoms with Gasteiger partial charge in [-0.15, -0.1) is 0 Å². The number of rotatable bonds is 4. The Bertz CT molecular complexity index is 1240. The summed E-state index contributed by atoms with van der Waals surface area (Å²) in [5.74, 6) is 2.39. The van der Waals surface area contributed by atoms with Crippen LogP contribution in [0.1, 0.15) is 44.1 Å². The van der Waals surface area contributed by atoms with Crippen LogP contribution in [0.3, 0.4) is 0 Å². The lowest BCUT2D eigenvalue weighted by Crippen LogP contribution is -2.36. The number of benzene rings is 2. The lowest BCUT2D eigenvalue weighted by molar-refractivity contribution is 0.312. The Kier molecular flexibility index (Phi) is 6.31. The number of para-hydroxylation sites is 1. The number of piperidine rings is 1. The van der Waals surface area contributed by atoms with E-state index >= 15 is 0 Å². The van der Waals surface area contributed by atoms with Gasteiger partial charge in [0.15, 0.2) is 0 Å². The predicted molar refractivity (Wildman–Crippen MR) is 134 cm³/mol. The molecule has 5 rings (SSSR count). The number of aliphatic imine (C=N–C) groups is 1. The van der Waals surface area contributed by atoms with Crippen LogP contribution in [0.2, 0.25) is 0 Å². The predicted octanol–water partition coefficient (Wildman–Crippen LogP) is 5.73. The SMILES string of the molecule is CC(=N/C(Nc1cccc(F)c1)=C1\CCCS1=O)N1CCC(c2c[nH]c3ccccc23)CC1. The molecule has 2 saturated heterocycles. The summed E-state index contributed by atoms with van der Waals surface area (Å²) in [6, 6.07) is 14.8. The molecular weight excluding hydrogens is 435 g/mol. The summed E-state index contributed by atoms with van der Waals surface area (Å²) >= 11 is 0. The molecule has 2 aromatic carbocycles. The Labute approximate surface area is 196 Å². The number of H-pyrrole nitrogens is 1. The Morgan fingerprint density at radius 1 is 1.18 bits per heavy atom. The van der Waals surface area contributed by atoms with Gasteiger partial charge in [0.1, 0.15) is 17.5 Å². The Morgan fingerprint density at radius 3 is 2.76 bits per heavy atom. The van der Waals surface area contributed by atoms with Crippen LogP contribution < -0.4 is 5.32 Å². The number of nitrogens with zero attached hydrogens (tertiary/aromatic N) is 2. The van der Waals surface area contributed by atoms with Crippen molar-refractivity contribution in [3.8, 4) is 0 Å². The van der Waals surface area contributed by atoms with E-state index in [9.17, 15) is 8.60 Å². The molecule has 3 aromatic rings. The highest BCUT2D eigenvalue weighted by atomic mass is 32.2. The summed E-state index contributed by atoms with van der Waals surface area (Å²) < 4.78 is 26.3. The van der Waals surface area contributed by atoms with Gasteiger partial charge in [0.25, 0.3) is 0 Å². The molecule has 5 nitrogen and oxygen atoms in total. The van der Waals surface area contributed by atoms with E-state index in [-0.39, 0.29) is 5.82 Å². The van der Waals surface area contributed by atoms with Crippen LogP contribution in [-0.4, -0.2) is 38.8 Å². The summed E-state index contributed by atoms with van der Waals surface area (Å²) in [5.41, 5.74) is 3.21. The molecule has 0 radical (unpaired) electrons. The highest BCUT2D eigenvalue weighted by Crippen LogP contribution is 2.33. The van der Waals surface area contributed by atoms with Crippen LogP contribution >= 0.6 is 0 Å². The minimum Gasteiger partial charge on any atom is -0.361 e. The Balaban J connectivity index is 1.33. The molecule has 2 fully saturated rings. The van der Waals surface area contributed by atoms with E-state index in [1.807, 2.05) is 6.92 Å². The first-order valence-corrected chi connectivity index (χ1v) is 12.9. The molecule has 2 aliphatic rings. The number of halogens is 1. The average Bonchev–Trinajstić information content (AvgIpc) is 3.45. The third-order valence-electron chi connectivity index (χ3n) is 6.65. The first-order chi connectivity index (χ1) is 16.1. The minimum atomic E-state index is -1.04. The van der Waals surface area contributed by atoms with Gasteiger partial charge in [-0.05, 0) is 68.4 Å². The second-order valence-electron chi connectivity index (χ2n) is 8.77. The molecular formula is C26H29FN4OS. The normalized spacial score (nSPS) is 21.6. The van der Waals surface area contributed by atoms with Crippen molar-refractivity contribution in [2.75, 3.05) is 24.2 Å². The highest BCUT2D eigenvalue weighted by Gasteiger charge is 2.25. The van der Waals surface area contributed by atoms with Gasteiger partial charge in [-0.25, -0.2) is 9.38 Å². The number of fused-ring (bicyclic) bond motifs is 1. The first kappa shape index (κ1) is 21.9. The largest absolute Gasteiger partial charge is 0.361 e. The molecule has 0 bridgehead atoms. The van der Waals surface area contributed by atoms with E-state index in [1.165, 1.54) is 28.6 Å². The first-order valence-electron chi connectivity index (χ1n) is 11.6. The summed E-state index contributed by atoms with van der Waals surface area (Å²) in [4.78, 5) is 11.4. The standard InChI is InChI=1S/C26H29FN4OS/c1-18(29-26(25-10-5-15-33(25)32)30-21-7-4-6-20(27)16-21)31-13-11-19(12-14-31)23-17-28-24-9-3-2-8-22(23)24/h2-4,6-9,16-17,19,28,30H,5,10-15H2,1H3/b26-25-,29-18?. The summed E-state index contributed by atoms with van der Waals surface area (Å²) in [6.45, 7) is 3.86. The van der Waals surface area contributed by atoms with Crippen molar-refractivity contribution in [1.29, 1.82) is 0 Å². The Morgan fingerprint density at radius 2 is 2.00 bits per heavy atom. The molecule has 3 heterocycles. The maximum absolute atomic E-state index is 13.7. The molecule has 2 aliphatic heterocycles. The van der Waals surface area contributed by atoms with Gasteiger partial charge in [0, 0.05) is 41.6 Å². The molecule has 1 unspecified atom stereocenters. The van der Waals surface area contributed by atoms with E-state index in [4.69, 9.17) is 4.99 Å². The maximum atomic E-state index is 13.7. The van der Waals surface area contributed by atoms with Crippen LogP contribution in [0.4, 0.5) is 10.1 Å². The van der Waals surface area contributed by atoms with Crippen molar-refractivity contribution < 1.29 is 8.60 Å². The fraction of sp³-hybridized carbons (Fsp3) is 0.346. The number of aromatic amines is 1. The van der Waals surface area contributed by atoms with Crippen LogP contribution in [-0.2, 0) is 10.8 Å². The van der Waals surface area contributed by atoms with E-state index in [2.05, 4.69) is 45.7 Å². The molecule has 7 heteroatoms. The zero-order chi connectivity index (χ0) is 22.8. The molecule has 1 atom stereocenters. The quantitative estimate of drug-likeness (QED) is 0.383. The van der Waals surface area contributed by atoms with Crippen molar-refractivity contribution in [3.05, 3.63) is 76.8 Å².